The van der Waals surface area contributed by atoms with Gasteiger partial charge in [-0.1, -0.05) is 29.4 Å². The molecule has 0 bridgehead atoms. The van der Waals surface area contributed by atoms with Crippen LogP contribution in [0.1, 0.15) is 11.7 Å². The summed E-state index contributed by atoms with van der Waals surface area (Å²) in [6.45, 7) is 2.46. The van der Waals surface area contributed by atoms with Crippen molar-refractivity contribution in [3.05, 3.63) is 42.2 Å². The zero-order valence-electron chi connectivity index (χ0n) is 10.5. The predicted molar refractivity (Wildman–Crippen MR) is 70.8 cm³/mol. The van der Waals surface area contributed by atoms with E-state index in [1.165, 1.54) is 0 Å². The largest absolute Gasteiger partial charge is 0.368 e. The molecule has 1 aromatic carbocycles. The molecule has 6 heteroatoms. The molecule has 2 aromatic heterocycles. The molecule has 0 atom stereocenters. The van der Waals surface area contributed by atoms with E-state index >= 15 is 0 Å². The SMILES string of the molecule is Cc1nc(CCNc2nncc3ccccc23)no1. The zero-order valence-corrected chi connectivity index (χ0v) is 10.5. The molecule has 0 saturated carbocycles. The molecule has 0 saturated heterocycles. The third kappa shape index (κ3) is 2.52. The van der Waals surface area contributed by atoms with Gasteiger partial charge in [-0.2, -0.15) is 10.1 Å². The summed E-state index contributed by atoms with van der Waals surface area (Å²) in [5.74, 6) is 2.05. The zero-order chi connectivity index (χ0) is 13.1. The second-order valence-electron chi connectivity index (χ2n) is 4.19. The Kier molecular flexibility index (Phi) is 3.06. The van der Waals surface area contributed by atoms with Gasteiger partial charge in [0.05, 0.1) is 6.20 Å². The van der Waals surface area contributed by atoms with Crippen LogP contribution < -0.4 is 5.32 Å². The minimum Gasteiger partial charge on any atom is -0.368 e. The fourth-order valence-electron chi connectivity index (χ4n) is 1.89. The Labute approximate surface area is 109 Å². The smallest absolute Gasteiger partial charge is 0.223 e. The summed E-state index contributed by atoms with van der Waals surface area (Å²) in [7, 11) is 0. The van der Waals surface area contributed by atoms with Crippen molar-refractivity contribution in [3.8, 4) is 0 Å². The third-order valence-electron chi connectivity index (χ3n) is 2.78. The van der Waals surface area contributed by atoms with Gasteiger partial charge in [0.1, 0.15) is 0 Å². The lowest BCUT2D eigenvalue weighted by Crippen LogP contribution is -2.08. The van der Waals surface area contributed by atoms with Crippen LogP contribution in [0.15, 0.2) is 35.0 Å². The average molecular weight is 255 g/mol. The molecule has 0 radical (unpaired) electrons. The summed E-state index contributed by atoms with van der Waals surface area (Å²) < 4.78 is 4.92. The molecule has 0 unspecified atom stereocenters. The fourth-order valence-corrected chi connectivity index (χ4v) is 1.89. The first kappa shape index (κ1) is 11.6. The van der Waals surface area contributed by atoms with Crippen molar-refractivity contribution in [1.29, 1.82) is 0 Å². The Balaban J connectivity index is 1.71. The van der Waals surface area contributed by atoms with Crippen molar-refractivity contribution >= 4 is 16.6 Å². The summed E-state index contributed by atoms with van der Waals surface area (Å²) >= 11 is 0. The quantitative estimate of drug-likeness (QED) is 0.768. The van der Waals surface area contributed by atoms with Gasteiger partial charge in [0, 0.05) is 30.7 Å². The number of nitrogens with zero attached hydrogens (tertiary/aromatic N) is 4. The summed E-state index contributed by atoms with van der Waals surface area (Å²) in [5, 5.41) is 17.3. The Bertz CT molecular complexity index is 689. The molecule has 0 amide bonds. The van der Waals surface area contributed by atoms with Gasteiger partial charge in [0.25, 0.3) is 0 Å². The van der Waals surface area contributed by atoms with E-state index in [0.717, 1.165) is 16.6 Å². The van der Waals surface area contributed by atoms with Gasteiger partial charge in [0.15, 0.2) is 11.6 Å². The third-order valence-corrected chi connectivity index (χ3v) is 2.78. The van der Waals surface area contributed by atoms with Crippen molar-refractivity contribution in [2.45, 2.75) is 13.3 Å². The van der Waals surface area contributed by atoms with Crippen LogP contribution in [-0.2, 0) is 6.42 Å². The molecule has 0 aliphatic rings. The summed E-state index contributed by atoms with van der Waals surface area (Å²) in [6, 6.07) is 8.00. The van der Waals surface area contributed by atoms with E-state index in [4.69, 9.17) is 4.52 Å². The summed E-state index contributed by atoms with van der Waals surface area (Å²) in [5.41, 5.74) is 0. The molecular formula is C13H13N5O. The van der Waals surface area contributed by atoms with Crippen LogP contribution in [0.25, 0.3) is 10.8 Å². The minimum absolute atomic E-state index is 0.583. The number of aromatic nitrogens is 4. The van der Waals surface area contributed by atoms with Crippen LogP contribution in [0, 0.1) is 6.92 Å². The first-order valence-electron chi connectivity index (χ1n) is 6.06. The number of anilines is 1. The van der Waals surface area contributed by atoms with E-state index < -0.39 is 0 Å². The highest BCUT2D eigenvalue weighted by molar-refractivity contribution is 5.90. The molecule has 6 nitrogen and oxygen atoms in total. The lowest BCUT2D eigenvalue weighted by Gasteiger charge is -2.06. The maximum absolute atomic E-state index is 4.92. The molecule has 0 aliphatic carbocycles. The highest BCUT2D eigenvalue weighted by Crippen LogP contribution is 2.18. The van der Waals surface area contributed by atoms with E-state index in [1.807, 2.05) is 24.3 Å². The monoisotopic (exact) mass is 255 g/mol. The number of fused-ring (bicyclic) bond motifs is 1. The van der Waals surface area contributed by atoms with Crippen molar-refractivity contribution in [1.82, 2.24) is 20.3 Å². The van der Waals surface area contributed by atoms with Crippen molar-refractivity contribution < 1.29 is 4.52 Å². The van der Waals surface area contributed by atoms with Gasteiger partial charge < -0.3 is 9.84 Å². The maximum atomic E-state index is 4.92. The van der Waals surface area contributed by atoms with E-state index in [2.05, 4.69) is 25.7 Å². The number of nitrogens with one attached hydrogen (secondary N) is 1. The molecule has 96 valence electrons. The Morgan fingerprint density at radius 1 is 1.26 bits per heavy atom. The fraction of sp³-hybridized carbons (Fsp3) is 0.231. The molecule has 2 heterocycles. The molecule has 0 aliphatic heterocycles. The van der Waals surface area contributed by atoms with Gasteiger partial charge in [0.2, 0.25) is 5.89 Å². The summed E-state index contributed by atoms with van der Waals surface area (Å²) in [6.07, 6.45) is 2.44. The lowest BCUT2D eigenvalue weighted by atomic mass is 10.2. The molecule has 19 heavy (non-hydrogen) atoms. The van der Waals surface area contributed by atoms with Crippen LogP contribution >= 0.6 is 0 Å². The maximum Gasteiger partial charge on any atom is 0.223 e. The highest BCUT2D eigenvalue weighted by Gasteiger charge is 2.04. The summed E-state index contributed by atoms with van der Waals surface area (Å²) in [4.78, 5) is 4.15. The van der Waals surface area contributed by atoms with Crippen molar-refractivity contribution in [2.75, 3.05) is 11.9 Å². The number of rotatable bonds is 4. The number of benzene rings is 1. The van der Waals surface area contributed by atoms with Gasteiger partial charge in [-0.25, -0.2) is 0 Å². The number of hydrogen-bond acceptors (Lipinski definition) is 6. The lowest BCUT2D eigenvalue weighted by molar-refractivity contribution is 0.387. The van der Waals surface area contributed by atoms with E-state index in [1.54, 1.807) is 13.1 Å². The average Bonchev–Trinajstić information content (AvgIpc) is 2.85. The second kappa shape index (κ2) is 5.01. The van der Waals surface area contributed by atoms with Crippen LogP contribution in [0.4, 0.5) is 5.82 Å². The predicted octanol–water partition coefficient (Wildman–Crippen LogP) is 1.98. The van der Waals surface area contributed by atoms with Crippen LogP contribution in [0.5, 0.6) is 0 Å². The molecule has 3 rings (SSSR count). The van der Waals surface area contributed by atoms with Crippen LogP contribution in [0.2, 0.25) is 0 Å². The Morgan fingerprint density at radius 3 is 3.00 bits per heavy atom. The Morgan fingerprint density at radius 2 is 2.16 bits per heavy atom. The Hall–Kier alpha value is -2.50. The van der Waals surface area contributed by atoms with Crippen LogP contribution in [-0.4, -0.2) is 26.9 Å². The normalized spacial score (nSPS) is 10.8. The molecule has 1 N–H and O–H groups in total. The van der Waals surface area contributed by atoms with Crippen molar-refractivity contribution in [2.24, 2.45) is 0 Å². The minimum atomic E-state index is 0.583. The van der Waals surface area contributed by atoms with Gasteiger partial charge in [-0.05, 0) is 0 Å². The van der Waals surface area contributed by atoms with Crippen molar-refractivity contribution in [3.63, 3.8) is 0 Å². The van der Waals surface area contributed by atoms with Gasteiger partial charge in [-0.15, -0.1) is 5.10 Å². The van der Waals surface area contributed by atoms with Crippen LogP contribution in [0.3, 0.4) is 0 Å². The number of hydrogen-bond donors (Lipinski definition) is 1. The second-order valence-corrected chi connectivity index (χ2v) is 4.19. The van der Waals surface area contributed by atoms with E-state index in [-0.39, 0.29) is 0 Å². The molecule has 0 spiro atoms. The van der Waals surface area contributed by atoms with Gasteiger partial charge >= 0.3 is 0 Å². The molecular weight excluding hydrogens is 242 g/mol. The highest BCUT2D eigenvalue weighted by atomic mass is 16.5. The van der Waals surface area contributed by atoms with E-state index in [9.17, 15) is 0 Å². The topological polar surface area (TPSA) is 76.7 Å². The van der Waals surface area contributed by atoms with E-state index in [0.29, 0.717) is 24.7 Å². The molecule has 0 fully saturated rings. The first-order valence-corrected chi connectivity index (χ1v) is 6.06. The van der Waals surface area contributed by atoms with Gasteiger partial charge in [-0.3, -0.25) is 0 Å². The standard InChI is InChI=1S/C13H13N5O/c1-9-16-12(18-19-9)6-7-14-13-11-5-3-2-4-10(11)8-15-17-13/h2-5,8H,6-7H2,1H3,(H,14,17). The number of aryl methyl sites for hydroxylation is 1. The first-order chi connectivity index (χ1) is 9.33. The molecule has 3 aromatic rings.